The first kappa shape index (κ1) is 17.0. The Balaban J connectivity index is 1.96. The van der Waals surface area contributed by atoms with Gasteiger partial charge in [0.1, 0.15) is 0 Å². The first-order valence-corrected chi connectivity index (χ1v) is 7.20. The second-order valence-electron chi connectivity index (χ2n) is 4.15. The Kier molecular flexibility index (Phi) is 5.35. The predicted molar refractivity (Wildman–Crippen MR) is 83.4 cm³/mol. The van der Waals surface area contributed by atoms with E-state index in [1.165, 1.54) is 24.3 Å². The van der Waals surface area contributed by atoms with Gasteiger partial charge in [0.15, 0.2) is 11.3 Å². The van der Waals surface area contributed by atoms with E-state index in [0.29, 0.717) is 4.67 Å². The fourth-order valence-electron chi connectivity index (χ4n) is 1.54. The maximum absolute atomic E-state index is 11.7. The van der Waals surface area contributed by atoms with E-state index in [1.807, 2.05) is 0 Å². The van der Waals surface area contributed by atoms with Gasteiger partial charge in [0.2, 0.25) is 5.76 Å². The molecule has 120 valence electrons. The van der Waals surface area contributed by atoms with E-state index in [1.54, 1.807) is 0 Å². The Labute approximate surface area is 142 Å². The van der Waals surface area contributed by atoms with Gasteiger partial charge in [0.25, 0.3) is 11.6 Å². The summed E-state index contributed by atoms with van der Waals surface area (Å²) in [4.78, 5) is 33.4. The number of nitrogens with one attached hydrogen (secondary N) is 1. The van der Waals surface area contributed by atoms with Crippen LogP contribution >= 0.6 is 27.5 Å². The molecular weight excluding hydrogens is 396 g/mol. The number of hydrogen-bond donors (Lipinski definition) is 1. The molecule has 0 saturated carbocycles. The van der Waals surface area contributed by atoms with Crippen molar-refractivity contribution in [1.29, 1.82) is 0 Å². The zero-order valence-electron chi connectivity index (χ0n) is 11.2. The van der Waals surface area contributed by atoms with Gasteiger partial charge < -0.3 is 14.5 Å². The van der Waals surface area contributed by atoms with Crippen LogP contribution in [0.15, 0.2) is 39.4 Å². The van der Waals surface area contributed by atoms with Crippen molar-refractivity contribution in [3.05, 3.63) is 55.9 Å². The molecule has 1 N–H and O–H groups in total. The summed E-state index contributed by atoms with van der Waals surface area (Å²) in [5.74, 6) is -1.60. The molecule has 1 heterocycles. The van der Waals surface area contributed by atoms with Gasteiger partial charge >= 0.3 is 5.97 Å². The van der Waals surface area contributed by atoms with Crippen LogP contribution in [-0.2, 0) is 9.53 Å². The number of nitrogens with zero attached hydrogens (tertiary/aromatic N) is 1. The van der Waals surface area contributed by atoms with Gasteiger partial charge in [-0.2, -0.15) is 0 Å². The first-order chi connectivity index (χ1) is 10.9. The fraction of sp³-hybridized carbons (Fsp3) is 0.0769. The molecule has 0 aliphatic heterocycles. The molecule has 0 aliphatic carbocycles. The van der Waals surface area contributed by atoms with E-state index in [9.17, 15) is 19.7 Å². The van der Waals surface area contributed by atoms with Crippen molar-refractivity contribution in [1.82, 2.24) is 0 Å². The average molecular weight is 404 g/mol. The molecule has 0 spiro atoms. The molecule has 0 unspecified atom stereocenters. The number of nitro groups is 1. The summed E-state index contributed by atoms with van der Waals surface area (Å²) in [6, 6.07) is 6.46. The van der Waals surface area contributed by atoms with E-state index >= 15 is 0 Å². The van der Waals surface area contributed by atoms with Crippen LogP contribution in [0.5, 0.6) is 0 Å². The SMILES string of the molecule is O=C(COC(=O)c1ccc(Br)o1)Nc1cc([N+](=O)[O-])ccc1Cl. The normalized spacial score (nSPS) is 10.2. The molecule has 0 radical (unpaired) electrons. The summed E-state index contributed by atoms with van der Waals surface area (Å²) < 4.78 is 10.1. The maximum atomic E-state index is 11.7. The summed E-state index contributed by atoms with van der Waals surface area (Å²) in [7, 11) is 0. The van der Waals surface area contributed by atoms with Crippen LogP contribution in [-0.4, -0.2) is 23.4 Å². The molecule has 0 atom stereocenters. The molecule has 1 aromatic carbocycles. The zero-order valence-corrected chi connectivity index (χ0v) is 13.6. The van der Waals surface area contributed by atoms with Crippen molar-refractivity contribution >= 4 is 50.8 Å². The molecular formula is C13H8BrClN2O6. The lowest BCUT2D eigenvalue weighted by molar-refractivity contribution is -0.384. The smallest absolute Gasteiger partial charge is 0.374 e. The Morgan fingerprint density at radius 3 is 2.70 bits per heavy atom. The minimum absolute atomic E-state index is 0.0441. The highest BCUT2D eigenvalue weighted by atomic mass is 79.9. The van der Waals surface area contributed by atoms with Crippen LogP contribution in [0.2, 0.25) is 5.02 Å². The highest BCUT2D eigenvalue weighted by molar-refractivity contribution is 9.10. The molecule has 23 heavy (non-hydrogen) atoms. The quantitative estimate of drug-likeness (QED) is 0.465. The average Bonchev–Trinajstić information content (AvgIpc) is 2.93. The third kappa shape index (κ3) is 4.54. The van der Waals surface area contributed by atoms with Gasteiger partial charge in [-0.3, -0.25) is 14.9 Å². The van der Waals surface area contributed by atoms with Crippen molar-refractivity contribution in [3.8, 4) is 0 Å². The number of carbonyl (C=O) groups is 2. The number of ether oxygens (including phenoxy) is 1. The van der Waals surface area contributed by atoms with Crippen LogP contribution in [0, 0.1) is 10.1 Å². The van der Waals surface area contributed by atoms with Crippen molar-refractivity contribution < 1.29 is 23.7 Å². The summed E-state index contributed by atoms with van der Waals surface area (Å²) in [6.45, 7) is -0.601. The van der Waals surface area contributed by atoms with Crippen molar-refractivity contribution in [2.24, 2.45) is 0 Å². The molecule has 2 rings (SSSR count). The lowest BCUT2D eigenvalue weighted by Gasteiger charge is -2.07. The highest BCUT2D eigenvalue weighted by Gasteiger charge is 2.16. The number of furan rings is 1. The largest absolute Gasteiger partial charge is 0.450 e. The Bertz CT molecular complexity index is 776. The molecule has 1 aromatic heterocycles. The van der Waals surface area contributed by atoms with Crippen LogP contribution in [0.4, 0.5) is 11.4 Å². The molecule has 0 fully saturated rings. The molecule has 10 heteroatoms. The molecule has 0 saturated heterocycles. The van der Waals surface area contributed by atoms with Crippen LogP contribution in [0.1, 0.15) is 10.6 Å². The van der Waals surface area contributed by atoms with Gasteiger partial charge in [0.05, 0.1) is 15.6 Å². The monoisotopic (exact) mass is 402 g/mol. The lowest BCUT2D eigenvalue weighted by Crippen LogP contribution is -2.21. The highest BCUT2D eigenvalue weighted by Crippen LogP contribution is 2.26. The number of hydrogen-bond acceptors (Lipinski definition) is 6. The lowest BCUT2D eigenvalue weighted by atomic mass is 10.3. The van der Waals surface area contributed by atoms with E-state index in [2.05, 4.69) is 21.2 Å². The second-order valence-corrected chi connectivity index (χ2v) is 5.34. The minimum Gasteiger partial charge on any atom is -0.450 e. The number of rotatable bonds is 5. The summed E-state index contributed by atoms with van der Waals surface area (Å²) in [5.41, 5.74) is -0.190. The number of amides is 1. The van der Waals surface area contributed by atoms with Gasteiger partial charge in [-0.15, -0.1) is 0 Å². The van der Waals surface area contributed by atoms with Crippen LogP contribution < -0.4 is 5.32 Å². The summed E-state index contributed by atoms with van der Waals surface area (Å²) in [6.07, 6.45) is 0. The molecule has 1 amide bonds. The van der Waals surface area contributed by atoms with E-state index < -0.39 is 23.4 Å². The molecule has 2 aromatic rings. The number of carbonyl (C=O) groups excluding carboxylic acids is 2. The summed E-state index contributed by atoms with van der Waals surface area (Å²) in [5, 5.41) is 13.1. The maximum Gasteiger partial charge on any atom is 0.374 e. The number of benzene rings is 1. The van der Waals surface area contributed by atoms with Crippen molar-refractivity contribution in [2.75, 3.05) is 11.9 Å². The number of halogens is 2. The fourth-order valence-corrected chi connectivity index (χ4v) is 2.01. The third-order valence-corrected chi connectivity index (χ3v) is 3.30. The van der Waals surface area contributed by atoms with Gasteiger partial charge in [-0.1, -0.05) is 11.6 Å². The van der Waals surface area contributed by atoms with Crippen LogP contribution in [0.3, 0.4) is 0 Å². The second kappa shape index (κ2) is 7.25. The third-order valence-electron chi connectivity index (χ3n) is 2.54. The van der Waals surface area contributed by atoms with Crippen molar-refractivity contribution in [2.45, 2.75) is 0 Å². The minimum atomic E-state index is -0.823. The van der Waals surface area contributed by atoms with E-state index in [4.69, 9.17) is 20.8 Å². The van der Waals surface area contributed by atoms with E-state index in [-0.39, 0.29) is 22.2 Å². The number of nitro benzene ring substituents is 1. The first-order valence-electron chi connectivity index (χ1n) is 6.03. The molecule has 8 nitrogen and oxygen atoms in total. The van der Waals surface area contributed by atoms with Gasteiger partial charge in [-0.05, 0) is 34.1 Å². The summed E-state index contributed by atoms with van der Waals surface area (Å²) >= 11 is 8.87. The molecule has 0 aliphatic rings. The Morgan fingerprint density at radius 2 is 2.09 bits per heavy atom. The zero-order chi connectivity index (χ0) is 17.0. The van der Waals surface area contributed by atoms with Gasteiger partial charge in [-0.25, -0.2) is 4.79 Å². The predicted octanol–water partition coefficient (Wildman–Crippen LogP) is 3.40. The van der Waals surface area contributed by atoms with Crippen molar-refractivity contribution in [3.63, 3.8) is 0 Å². The molecule has 0 bridgehead atoms. The topological polar surface area (TPSA) is 112 Å². The van der Waals surface area contributed by atoms with E-state index in [0.717, 1.165) is 6.07 Å². The number of esters is 1. The van der Waals surface area contributed by atoms with Crippen LogP contribution in [0.25, 0.3) is 0 Å². The van der Waals surface area contributed by atoms with Gasteiger partial charge in [0, 0.05) is 12.1 Å². The number of anilines is 1. The number of non-ortho nitro benzene ring substituents is 1. The Hall–Kier alpha value is -2.39. The Morgan fingerprint density at radius 1 is 1.35 bits per heavy atom. The standard InChI is InChI=1S/C13H8BrClN2O6/c14-11-4-3-10(23-11)13(19)22-6-12(18)16-9-5-7(17(20)21)1-2-8(9)15/h1-5H,6H2,(H,16,18).